The quantitative estimate of drug-likeness (QED) is 0.121. The predicted octanol–water partition coefficient (Wildman–Crippen LogP) is 21.1. The highest BCUT2D eigenvalue weighted by atomic mass is 79.9. The zero-order valence-electron chi connectivity index (χ0n) is 48.8. The van der Waals surface area contributed by atoms with E-state index >= 15 is 0 Å². The van der Waals surface area contributed by atoms with E-state index in [4.69, 9.17) is 22.9 Å². The summed E-state index contributed by atoms with van der Waals surface area (Å²) < 4.78 is 66.0. The van der Waals surface area contributed by atoms with Gasteiger partial charge in [0.05, 0.1) is 27.5 Å². The van der Waals surface area contributed by atoms with Crippen molar-refractivity contribution in [3.63, 3.8) is 0 Å². The molecule has 16 heteroatoms. The van der Waals surface area contributed by atoms with E-state index in [-0.39, 0.29) is 0 Å². The van der Waals surface area contributed by atoms with Gasteiger partial charge in [0, 0.05) is 51.5 Å². The van der Waals surface area contributed by atoms with E-state index in [1.807, 2.05) is 121 Å². The van der Waals surface area contributed by atoms with Crippen LogP contribution in [0.1, 0.15) is 38.9 Å². The number of hydrogen-bond acceptors (Lipinski definition) is 5. The molecular formula is C77H51Br4F3N4O4S. The number of fused-ring (bicyclic) bond motifs is 8. The van der Waals surface area contributed by atoms with Crippen LogP contribution in [-0.2, 0) is 21.1 Å². The van der Waals surface area contributed by atoms with Crippen LogP contribution in [0.25, 0.3) is 78.5 Å². The Balaban J connectivity index is 0.000000141. The minimum Gasteiger partial charge on any atom is -0.376 e. The second-order valence-corrected chi connectivity index (χ2v) is 27.1. The Morgan fingerprint density at radius 1 is 0.366 bits per heavy atom. The predicted molar refractivity (Wildman–Crippen MR) is 379 cm³/mol. The molecule has 0 fully saturated rings. The van der Waals surface area contributed by atoms with E-state index < -0.39 is 26.6 Å². The van der Waals surface area contributed by atoms with Gasteiger partial charge in [-0.3, -0.25) is 13.7 Å². The number of benzene rings is 12. The smallest absolute Gasteiger partial charge is 0.376 e. The Bertz CT molecular complexity index is 5050. The van der Waals surface area contributed by atoms with E-state index in [1.165, 1.54) is 33.4 Å². The van der Waals surface area contributed by atoms with Crippen molar-refractivity contribution in [2.24, 2.45) is 0 Å². The van der Waals surface area contributed by atoms with Gasteiger partial charge in [0.15, 0.2) is 0 Å². The maximum atomic E-state index is 12.4. The van der Waals surface area contributed by atoms with Crippen LogP contribution in [0.4, 0.5) is 13.2 Å². The van der Waals surface area contributed by atoms with Gasteiger partial charge in [-0.05, 0) is 147 Å². The van der Waals surface area contributed by atoms with Gasteiger partial charge in [-0.1, -0.05) is 264 Å². The highest BCUT2D eigenvalue weighted by Crippen LogP contribution is 2.58. The van der Waals surface area contributed by atoms with E-state index in [2.05, 4.69) is 249 Å². The Morgan fingerprint density at radius 3 is 1.02 bits per heavy atom. The Morgan fingerprint density at radius 2 is 0.656 bits per heavy atom. The molecule has 0 unspecified atom stereocenters. The molecule has 12 aromatic carbocycles. The number of rotatable bonds is 7. The first-order chi connectivity index (χ1) is 44.9. The number of para-hydroxylation sites is 6. The third-order valence-electron chi connectivity index (χ3n) is 16.5. The molecule has 0 atom stereocenters. The van der Waals surface area contributed by atoms with Crippen LogP contribution < -0.4 is 0 Å². The maximum Gasteiger partial charge on any atom is 0.522 e. The zero-order chi connectivity index (χ0) is 64.7. The monoisotopic (exact) mass is 1500 g/mol. The average Bonchev–Trinajstić information content (AvgIpc) is 1.59. The number of imidazole rings is 2. The highest BCUT2D eigenvalue weighted by molar-refractivity contribution is 9.11. The molecule has 0 bridgehead atoms. The summed E-state index contributed by atoms with van der Waals surface area (Å²) in [5.41, 5.74) is 13.2. The fraction of sp³-hybridized carbons (Fsp3) is 0.0390. The number of hydrogen-bond donors (Lipinski definition) is 2. The third kappa shape index (κ3) is 11.9. The van der Waals surface area contributed by atoms with Gasteiger partial charge in [0.25, 0.3) is 0 Å². The molecule has 0 spiro atoms. The molecular weight excluding hydrogens is 1450 g/mol. The van der Waals surface area contributed by atoms with Gasteiger partial charge in [0.1, 0.15) is 17.2 Å². The maximum absolute atomic E-state index is 12.4. The number of nitrogens with zero attached hydrogens (tertiary/aromatic N) is 4. The Kier molecular flexibility index (Phi) is 17.5. The summed E-state index contributed by atoms with van der Waals surface area (Å²) in [6.07, 6.45) is 0. The molecule has 16 rings (SSSR count). The first kappa shape index (κ1) is 62.9. The van der Waals surface area contributed by atoms with E-state index in [1.54, 1.807) is 0 Å². The zero-order valence-corrected chi connectivity index (χ0v) is 56.0. The summed E-state index contributed by atoms with van der Waals surface area (Å²) in [7, 11) is -5.84. The summed E-state index contributed by atoms with van der Waals surface area (Å²) in [6.45, 7) is 0. The lowest BCUT2D eigenvalue weighted by molar-refractivity contribution is -0.0510. The van der Waals surface area contributed by atoms with Gasteiger partial charge in [-0.2, -0.15) is 21.6 Å². The third-order valence-corrected chi connectivity index (χ3v) is 19.1. The summed E-state index contributed by atoms with van der Waals surface area (Å²) in [5, 5.41) is 12.4. The number of alkyl halides is 3. The second kappa shape index (κ2) is 25.9. The molecule has 0 saturated heterocycles. The van der Waals surface area contributed by atoms with Crippen molar-refractivity contribution in [2.45, 2.75) is 16.5 Å². The average molecular weight is 1500 g/mol. The molecule has 0 amide bonds. The van der Waals surface area contributed by atoms with Crippen molar-refractivity contribution in [3.8, 4) is 56.4 Å². The minimum absolute atomic E-state index is 0.475. The van der Waals surface area contributed by atoms with Crippen molar-refractivity contribution in [1.82, 2.24) is 19.1 Å². The van der Waals surface area contributed by atoms with E-state index in [0.717, 1.165) is 102 Å². The molecule has 458 valence electrons. The van der Waals surface area contributed by atoms with E-state index in [0.29, 0.717) is 0 Å². The lowest BCUT2D eigenvalue weighted by Crippen LogP contribution is -2.28. The van der Waals surface area contributed by atoms with Crippen molar-refractivity contribution in [3.05, 3.63) is 354 Å². The lowest BCUT2D eigenvalue weighted by atomic mass is 9.67. The number of aromatic nitrogens is 4. The summed E-state index contributed by atoms with van der Waals surface area (Å²) in [5.74, 6) is 1.80. The topological polar surface area (TPSA) is 110 Å². The molecule has 2 aromatic heterocycles. The number of halogens is 7. The molecule has 2 N–H and O–H groups in total. The molecule has 2 aliphatic carbocycles. The van der Waals surface area contributed by atoms with Crippen LogP contribution in [0.15, 0.2) is 315 Å². The number of aliphatic hydroxyl groups is 1. The van der Waals surface area contributed by atoms with Gasteiger partial charge in [-0.15, -0.1) is 0 Å². The van der Waals surface area contributed by atoms with Crippen LogP contribution in [0.2, 0.25) is 0 Å². The fourth-order valence-corrected chi connectivity index (χ4v) is 14.0. The first-order valence-electron chi connectivity index (χ1n) is 29.2. The molecule has 93 heavy (non-hydrogen) atoms. The summed E-state index contributed by atoms with van der Waals surface area (Å²) in [4.78, 5) is 10.1. The highest BCUT2D eigenvalue weighted by Gasteiger charge is 2.47. The Labute approximate surface area is 568 Å². The normalized spacial score (nSPS) is 13.0. The second-order valence-electron chi connectivity index (χ2n) is 22.0. The van der Waals surface area contributed by atoms with Crippen LogP contribution in [0, 0.1) is 0 Å². The van der Waals surface area contributed by atoms with Gasteiger partial charge >= 0.3 is 15.6 Å². The molecule has 0 radical (unpaired) electrons. The Hall–Kier alpha value is -8.84. The van der Waals surface area contributed by atoms with Crippen LogP contribution in [0.3, 0.4) is 0 Å². The standard InChI is InChI=1S/C38H24Br2N2.C32H20Br2N2O.C6H6.CHF3O3S/c39-28-19-21-31-32-22-20-29(40)24-34(32)38(33(31)23-28,26-9-3-1-4-10-26)27-17-15-25(16-18-27)37-41-35-13-7-8-14-36(35)42(37)30-11-5-2-6-12-30;33-22-14-16-25-26-17-15-23(34)19-28(26)32(37,27(25)18-22)21-12-10-20(11-13-21)31-35-29-8-4-5-9-30(29)36(31)24-6-2-1-3-7-24;1-2-4-6-5-3-1;2-1(3,4)8(5,6)7/h1-24H;1-19,37H;1-6H;(H,5,6,7). The van der Waals surface area contributed by atoms with Gasteiger partial charge in [0.2, 0.25) is 0 Å². The molecule has 14 aromatic rings. The van der Waals surface area contributed by atoms with Crippen LogP contribution in [-0.4, -0.2) is 42.7 Å². The van der Waals surface area contributed by atoms with Crippen LogP contribution in [0.5, 0.6) is 0 Å². The lowest BCUT2D eigenvalue weighted by Gasteiger charge is -2.34. The van der Waals surface area contributed by atoms with Gasteiger partial charge in [-0.25, -0.2) is 9.97 Å². The summed E-state index contributed by atoms with van der Waals surface area (Å²) in [6, 6.07) is 103. The van der Waals surface area contributed by atoms with Crippen molar-refractivity contribution in [2.75, 3.05) is 0 Å². The molecule has 2 aliphatic rings. The van der Waals surface area contributed by atoms with Gasteiger partial charge < -0.3 is 5.11 Å². The largest absolute Gasteiger partial charge is 0.522 e. The van der Waals surface area contributed by atoms with Crippen molar-refractivity contribution >= 4 is 95.9 Å². The van der Waals surface area contributed by atoms with E-state index in [9.17, 15) is 18.3 Å². The molecule has 0 saturated carbocycles. The van der Waals surface area contributed by atoms with Crippen molar-refractivity contribution < 1.29 is 31.2 Å². The van der Waals surface area contributed by atoms with Crippen molar-refractivity contribution in [1.29, 1.82) is 0 Å². The summed E-state index contributed by atoms with van der Waals surface area (Å²) >= 11 is 14.8. The fourth-order valence-electron chi connectivity index (χ4n) is 12.5. The first-order valence-corrected chi connectivity index (χ1v) is 33.8. The molecule has 8 nitrogen and oxygen atoms in total. The minimum atomic E-state index is -5.84. The molecule has 0 aliphatic heterocycles. The van der Waals surface area contributed by atoms with Crippen LogP contribution >= 0.6 is 63.7 Å². The SMILES string of the molecule is Brc1ccc2c(c1)C(c1ccccc1)(c1ccc(-c3nc4ccccc4n3-c3ccccc3)cc1)c1cc(Br)ccc1-2.O=S(=O)(O)C(F)(F)F.OC1(c2ccc(-c3nc4ccccc4n3-c3ccccc3)cc2)c2cc(Br)ccc2-c2ccc(Br)cc21.c1ccccc1. The molecule has 2 heterocycles.